The second-order valence-electron chi connectivity index (χ2n) is 4.10. The molecule has 7 heteroatoms. The van der Waals surface area contributed by atoms with Crippen LogP contribution in [0.2, 0.25) is 0 Å². The average molecular weight is 318 g/mol. The van der Waals surface area contributed by atoms with Crippen LogP contribution in [-0.4, -0.2) is 52.0 Å². The molecule has 0 spiro atoms. The normalized spacial score (nSPS) is 10.6. The highest BCUT2D eigenvalue weighted by atomic mass is 35.5. The number of hydrogen-bond acceptors (Lipinski definition) is 6. The van der Waals surface area contributed by atoms with Crippen LogP contribution in [0.25, 0.3) is 0 Å². The first-order chi connectivity index (χ1) is 10.1. The molecule has 0 aliphatic carbocycles. The fourth-order valence-corrected chi connectivity index (χ4v) is 1.65. The third-order valence-corrected chi connectivity index (χ3v) is 2.71. The van der Waals surface area contributed by atoms with Crippen LogP contribution in [0.5, 0.6) is 5.75 Å². The molecule has 118 valence electrons. The molecule has 0 saturated carbocycles. The van der Waals surface area contributed by atoms with E-state index in [2.05, 4.69) is 0 Å². The number of ether oxygens (including phenoxy) is 4. The molecule has 0 atom stereocenters. The monoisotopic (exact) mass is 317 g/mol. The molecule has 6 nitrogen and oxygen atoms in total. The Morgan fingerprint density at radius 2 is 1.71 bits per heavy atom. The molecule has 1 aromatic rings. The van der Waals surface area contributed by atoms with Crippen molar-refractivity contribution >= 4 is 22.5 Å². The first-order valence-electron chi connectivity index (χ1n) is 6.51. The Hall–Kier alpha value is -1.34. The van der Waals surface area contributed by atoms with Gasteiger partial charge in [-0.25, -0.2) is 0 Å². The number of carbonyl (C=O) groups is 1. The number of hydrogen-bond donors (Lipinski definition) is 1. The highest BCUT2D eigenvalue weighted by molar-refractivity contribution is 6.68. The molecule has 21 heavy (non-hydrogen) atoms. The smallest absolute Gasteiger partial charge is 0.256 e. The largest absolute Gasteiger partial charge is 0.490 e. The van der Waals surface area contributed by atoms with Gasteiger partial charge in [0, 0.05) is 18.9 Å². The van der Waals surface area contributed by atoms with Gasteiger partial charge in [-0.3, -0.25) is 4.79 Å². The van der Waals surface area contributed by atoms with Gasteiger partial charge in [-0.2, -0.15) is 0 Å². The second-order valence-corrected chi connectivity index (χ2v) is 4.44. The minimum Gasteiger partial charge on any atom is -0.490 e. The lowest BCUT2D eigenvalue weighted by molar-refractivity contribution is 0.0179. The molecule has 0 unspecified atom stereocenters. The Labute approximate surface area is 129 Å². The Balaban J connectivity index is 2.21. The van der Waals surface area contributed by atoms with Crippen molar-refractivity contribution in [1.29, 1.82) is 0 Å². The third kappa shape index (κ3) is 7.29. The van der Waals surface area contributed by atoms with Gasteiger partial charge in [0.1, 0.15) is 12.4 Å². The quantitative estimate of drug-likeness (QED) is 0.380. The summed E-state index contributed by atoms with van der Waals surface area (Å²) in [4.78, 5) is 11.2. The van der Waals surface area contributed by atoms with E-state index in [1.165, 1.54) is 6.07 Å². The molecular formula is C14H20ClNO5. The van der Waals surface area contributed by atoms with Crippen molar-refractivity contribution in [2.75, 3.05) is 52.5 Å². The number of anilines is 1. The van der Waals surface area contributed by atoms with Crippen molar-refractivity contribution < 1.29 is 23.7 Å². The first-order valence-corrected chi connectivity index (χ1v) is 6.89. The van der Waals surface area contributed by atoms with Crippen molar-refractivity contribution in [2.24, 2.45) is 0 Å². The van der Waals surface area contributed by atoms with E-state index in [0.717, 1.165) is 0 Å². The number of carbonyl (C=O) groups excluding carboxylic acids is 1. The van der Waals surface area contributed by atoms with Crippen LogP contribution < -0.4 is 10.5 Å². The van der Waals surface area contributed by atoms with Crippen LogP contribution in [0.1, 0.15) is 10.4 Å². The van der Waals surface area contributed by atoms with Gasteiger partial charge in [0.05, 0.1) is 38.6 Å². The second kappa shape index (κ2) is 10.4. The van der Waals surface area contributed by atoms with Gasteiger partial charge in [-0.15, -0.1) is 0 Å². The minimum atomic E-state index is -0.586. The van der Waals surface area contributed by atoms with Gasteiger partial charge in [0.25, 0.3) is 5.24 Å². The number of halogens is 1. The maximum absolute atomic E-state index is 11.2. The van der Waals surface area contributed by atoms with E-state index in [9.17, 15) is 4.79 Å². The van der Waals surface area contributed by atoms with Gasteiger partial charge in [0.2, 0.25) is 0 Å². The average Bonchev–Trinajstić information content (AvgIpc) is 2.45. The molecule has 2 N–H and O–H groups in total. The van der Waals surface area contributed by atoms with E-state index >= 15 is 0 Å². The highest BCUT2D eigenvalue weighted by Gasteiger charge is 2.10. The van der Waals surface area contributed by atoms with E-state index < -0.39 is 5.24 Å². The van der Waals surface area contributed by atoms with Gasteiger partial charge < -0.3 is 24.7 Å². The molecule has 0 heterocycles. The Morgan fingerprint density at radius 3 is 2.33 bits per heavy atom. The van der Waals surface area contributed by atoms with Crippen LogP contribution >= 0.6 is 11.6 Å². The van der Waals surface area contributed by atoms with Crippen molar-refractivity contribution in [2.45, 2.75) is 0 Å². The van der Waals surface area contributed by atoms with E-state index in [0.29, 0.717) is 51.1 Å². The van der Waals surface area contributed by atoms with Crippen LogP contribution in [0.15, 0.2) is 18.2 Å². The van der Waals surface area contributed by atoms with Gasteiger partial charge >= 0.3 is 0 Å². The van der Waals surface area contributed by atoms with Crippen molar-refractivity contribution in [1.82, 2.24) is 0 Å². The number of rotatable bonds is 11. The summed E-state index contributed by atoms with van der Waals surface area (Å²) in [5, 5.41) is -0.586. The van der Waals surface area contributed by atoms with Crippen LogP contribution in [0.3, 0.4) is 0 Å². The van der Waals surface area contributed by atoms with E-state index in [-0.39, 0.29) is 5.56 Å². The topological polar surface area (TPSA) is 80.0 Å². The van der Waals surface area contributed by atoms with Crippen LogP contribution in [0.4, 0.5) is 5.69 Å². The lowest BCUT2D eigenvalue weighted by Gasteiger charge is -2.10. The molecule has 0 saturated heterocycles. The fraction of sp³-hybridized carbons (Fsp3) is 0.500. The summed E-state index contributed by atoms with van der Waals surface area (Å²) in [5.41, 5.74) is 6.43. The minimum absolute atomic E-state index is 0.286. The summed E-state index contributed by atoms with van der Waals surface area (Å²) >= 11 is 5.47. The lowest BCUT2D eigenvalue weighted by Crippen LogP contribution is -2.13. The molecular weight excluding hydrogens is 298 g/mol. The summed E-state index contributed by atoms with van der Waals surface area (Å²) < 4.78 is 20.9. The first kappa shape index (κ1) is 17.7. The Kier molecular flexibility index (Phi) is 8.77. The zero-order valence-electron chi connectivity index (χ0n) is 12.0. The number of nitrogen functional groups attached to an aromatic ring is 1. The summed E-state index contributed by atoms with van der Waals surface area (Å²) in [7, 11) is 1.62. The molecule has 1 rings (SSSR count). The van der Waals surface area contributed by atoms with Crippen molar-refractivity contribution in [3.05, 3.63) is 23.8 Å². The Morgan fingerprint density at radius 1 is 1.10 bits per heavy atom. The SMILES string of the molecule is COCCOCCOCCOc1cc(N)ccc1C(=O)Cl. The number of methoxy groups -OCH3 is 1. The molecule has 0 bridgehead atoms. The molecule has 0 aliphatic rings. The van der Waals surface area contributed by atoms with E-state index in [1.807, 2.05) is 0 Å². The van der Waals surface area contributed by atoms with Gasteiger partial charge in [-0.1, -0.05) is 0 Å². The highest BCUT2D eigenvalue weighted by Crippen LogP contribution is 2.23. The zero-order valence-corrected chi connectivity index (χ0v) is 12.7. The predicted octanol–water partition coefficient (Wildman–Crippen LogP) is 1.71. The number of benzene rings is 1. The summed E-state index contributed by atoms with van der Waals surface area (Å²) in [5.74, 6) is 0.356. The Bertz CT molecular complexity index is 441. The van der Waals surface area contributed by atoms with Crippen LogP contribution in [0, 0.1) is 0 Å². The van der Waals surface area contributed by atoms with E-state index in [1.54, 1.807) is 19.2 Å². The van der Waals surface area contributed by atoms with Gasteiger partial charge in [-0.05, 0) is 23.7 Å². The van der Waals surface area contributed by atoms with Crippen molar-refractivity contribution in [3.63, 3.8) is 0 Å². The summed E-state index contributed by atoms with van der Waals surface area (Å²) in [6.07, 6.45) is 0. The molecule has 0 aliphatic heterocycles. The molecule has 0 aromatic heterocycles. The molecule has 1 aromatic carbocycles. The molecule has 0 radical (unpaired) electrons. The lowest BCUT2D eigenvalue weighted by atomic mass is 10.2. The van der Waals surface area contributed by atoms with E-state index in [4.69, 9.17) is 36.3 Å². The summed E-state index contributed by atoms with van der Waals surface area (Å²) in [6.45, 7) is 2.73. The zero-order chi connectivity index (χ0) is 15.5. The molecule has 0 amide bonds. The molecule has 0 fully saturated rings. The fourth-order valence-electron chi connectivity index (χ4n) is 1.50. The maximum Gasteiger partial charge on any atom is 0.256 e. The van der Waals surface area contributed by atoms with Crippen molar-refractivity contribution in [3.8, 4) is 5.75 Å². The van der Waals surface area contributed by atoms with Crippen LogP contribution in [-0.2, 0) is 14.2 Å². The number of nitrogens with two attached hydrogens (primary N) is 1. The third-order valence-electron chi connectivity index (χ3n) is 2.51. The summed E-state index contributed by atoms with van der Waals surface area (Å²) in [6, 6.07) is 4.68. The van der Waals surface area contributed by atoms with Gasteiger partial charge in [0.15, 0.2) is 0 Å². The standard InChI is InChI=1S/C14H20ClNO5/c1-18-4-5-19-6-7-20-8-9-21-13-10-11(16)2-3-12(13)14(15)17/h2-3,10H,4-9,16H2,1H3. The predicted molar refractivity (Wildman–Crippen MR) is 80.0 cm³/mol. The maximum atomic E-state index is 11.2.